The van der Waals surface area contributed by atoms with Crippen molar-refractivity contribution in [2.75, 3.05) is 0 Å². The first-order valence-corrected chi connectivity index (χ1v) is 10.2. The summed E-state index contributed by atoms with van der Waals surface area (Å²) in [7, 11) is -5.10. The summed E-state index contributed by atoms with van der Waals surface area (Å²) < 4.78 is 11.8. The van der Waals surface area contributed by atoms with Gasteiger partial charge in [0.05, 0.1) is 0 Å². The number of carbonyl (C=O) groups excluding carboxylic acids is 2. The average molecular weight is 394 g/mol. The Kier molecular flexibility index (Phi) is 5.43. The van der Waals surface area contributed by atoms with Gasteiger partial charge >= 0.3 is 7.60 Å². The number of hydrogen-bond donors (Lipinski definition) is 2. The van der Waals surface area contributed by atoms with E-state index in [0.29, 0.717) is 27.8 Å². The fraction of sp³-hybridized carbons (Fsp3) is 0.0909. The Labute approximate surface area is 162 Å². The molecule has 0 atom stereocenters. The molecule has 2 N–H and O–H groups in total. The molecule has 0 saturated carbocycles. The standard InChI is InChI=1S/C22H19O5P/c1-14-12-18(16-9-4-3-5-10-16)20(22(24)28(25,26)27)19(13-14)21(23)17-11-7-6-8-15(17)2/h3-13H,1-2H3,(H2,25,26,27). The van der Waals surface area contributed by atoms with Gasteiger partial charge in [-0.05, 0) is 42.2 Å². The van der Waals surface area contributed by atoms with Crippen LogP contribution in [0.1, 0.15) is 37.4 Å². The van der Waals surface area contributed by atoms with Crippen molar-refractivity contribution in [2.45, 2.75) is 13.8 Å². The normalized spacial score (nSPS) is 11.3. The van der Waals surface area contributed by atoms with Crippen molar-refractivity contribution < 1.29 is 23.9 Å². The maximum atomic E-state index is 13.2. The van der Waals surface area contributed by atoms with Crippen molar-refractivity contribution in [3.05, 3.63) is 94.5 Å². The molecule has 0 radical (unpaired) electrons. The summed E-state index contributed by atoms with van der Waals surface area (Å²) in [4.78, 5) is 45.1. The van der Waals surface area contributed by atoms with Gasteiger partial charge in [0.25, 0.3) is 5.52 Å². The topological polar surface area (TPSA) is 91.7 Å². The number of rotatable bonds is 5. The van der Waals surface area contributed by atoms with E-state index in [2.05, 4.69) is 0 Å². The first-order chi connectivity index (χ1) is 13.2. The van der Waals surface area contributed by atoms with Crippen LogP contribution >= 0.6 is 7.60 Å². The van der Waals surface area contributed by atoms with Crippen molar-refractivity contribution in [3.63, 3.8) is 0 Å². The lowest BCUT2D eigenvalue weighted by molar-refractivity contribution is 0.101. The highest BCUT2D eigenvalue weighted by Crippen LogP contribution is 2.43. The zero-order chi connectivity index (χ0) is 20.5. The quantitative estimate of drug-likeness (QED) is 0.490. The van der Waals surface area contributed by atoms with Crippen molar-refractivity contribution in [1.82, 2.24) is 0 Å². The summed E-state index contributed by atoms with van der Waals surface area (Å²) in [5, 5.41) is 0. The van der Waals surface area contributed by atoms with E-state index in [1.165, 1.54) is 6.07 Å². The second-order valence-electron chi connectivity index (χ2n) is 6.59. The van der Waals surface area contributed by atoms with Crippen molar-refractivity contribution in [3.8, 4) is 11.1 Å². The molecule has 0 bridgehead atoms. The van der Waals surface area contributed by atoms with E-state index in [4.69, 9.17) is 0 Å². The third-order valence-electron chi connectivity index (χ3n) is 4.48. The molecule has 3 rings (SSSR count). The van der Waals surface area contributed by atoms with Gasteiger partial charge in [-0.15, -0.1) is 0 Å². The molecule has 0 aliphatic heterocycles. The van der Waals surface area contributed by atoms with Gasteiger partial charge in [-0.25, -0.2) is 0 Å². The van der Waals surface area contributed by atoms with Crippen LogP contribution in [0.2, 0.25) is 0 Å². The molecule has 0 spiro atoms. The average Bonchev–Trinajstić information content (AvgIpc) is 2.66. The molecule has 142 valence electrons. The van der Waals surface area contributed by atoms with Crippen LogP contribution in [-0.2, 0) is 4.57 Å². The molecule has 0 aliphatic rings. The number of ketones is 1. The van der Waals surface area contributed by atoms with Crippen LogP contribution in [0.25, 0.3) is 11.1 Å². The highest BCUT2D eigenvalue weighted by atomic mass is 31.2. The molecular formula is C22H19O5P. The SMILES string of the molecule is Cc1cc(C(=O)c2ccccc2C)c(C(=O)P(=O)(O)O)c(-c2ccccc2)c1. The van der Waals surface area contributed by atoms with Crippen molar-refractivity contribution >= 4 is 18.9 Å². The van der Waals surface area contributed by atoms with Gasteiger partial charge in [0.2, 0.25) is 0 Å². The maximum absolute atomic E-state index is 13.2. The summed E-state index contributed by atoms with van der Waals surface area (Å²) >= 11 is 0. The molecule has 0 unspecified atom stereocenters. The second-order valence-corrected chi connectivity index (χ2v) is 8.09. The molecule has 0 heterocycles. The molecule has 3 aromatic rings. The van der Waals surface area contributed by atoms with Crippen molar-refractivity contribution in [1.29, 1.82) is 0 Å². The van der Waals surface area contributed by atoms with Gasteiger partial charge in [-0.3, -0.25) is 14.2 Å². The van der Waals surface area contributed by atoms with Crippen LogP contribution in [0.15, 0.2) is 66.7 Å². The Bertz CT molecular complexity index is 1110. The first kappa shape index (κ1) is 19.9. The van der Waals surface area contributed by atoms with Crippen molar-refractivity contribution in [2.24, 2.45) is 0 Å². The lowest BCUT2D eigenvalue weighted by atomic mass is 9.89. The minimum atomic E-state index is -5.10. The predicted molar refractivity (Wildman–Crippen MR) is 108 cm³/mol. The van der Waals surface area contributed by atoms with Gasteiger partial charge in [-0.1, -0.05) is 60.7 Å². The van der Waals surface area contributed by atoms with Crippen LogP contribution in [0.4, 0.5) is 0 Å². The van der Waals surface area contributed by atoms with E-state index >= 15 is 0 Å². The fourth-order valence-electron chi connectivity index (χ4n) is 3.16. The Morgan fingerprint density at radius 2 is 1.43 bits per heavy atom. The highest BCUT2D eigenvalue weighted by molar-refractivity contribution is 7.71. The lowest BCUT2D eigenvalue weighted by Gasteiger charge is -2.16. The molecule has 0 aromatic heterocycles. The number of hydrogen-bond acceptors (Lipinski definition) is 3. The van der Waals surface area contributed by atoms with E-state index in [-0.39, 0.29) is 11.1 Å². The largest absolute Gasteiger partial charge is 0.396 e. The zero-order valence-electron chi connectivity index (χ0n) is 15.4. The highest BCUT2D eigenvalue weighted by Gasteiger charge is 2.34. The van der Waals surface area contributed by atoms with Crippen LogP contribution in [0.3, 0.4) is 0 Å². The Morgan fingerprint density at radius 3 is 2.04 bits per heavy atom. The first-order valence-electron chi connectivity index (χ1n) is 8.61. The molecule has 0 aliphatic carbocycles. The minimum absolute atomic E-state index is 0.0125. The zero-order valence-corrected chi connectivity index (χ0v) is 16.3. The number of carbonyl (C=O) groups is 2. The molecule has 0 saturated heterocycles. The van der Waals surface area contributed by atoms with Gasteiger partial charge in [0, 0.05) is 16.7 Å². The van der Waals surface area contributed by atoms with E-state index < -0.39 is 18.9 Å². The van der Waals surface area contributed by atoms with Gasteiger partial charge in [0.1, 0.15) is 0 Å². The molecular weight excluding hydrogens is 375 g/mol. The summed E-state index contributed by atoms with van der Waals surface area (Å²) in [6.45, 7) is 3.54. The maximum Gasteiger partial charge on any atom is 0.396 e. The molecule has 5 nitrogen and oxygen atoms in total. The Morgan fingerprint density at radius 1 is 0.821 bits per heavy atom. The van der Waals surface area contributed by atoms with Gasteiger partial charge in [-0.2, -0.15) is 0 Å². The summed E-state index contributed by atoms with van der Waals surface area (Å²) in [5.41, 5.74) is 1.10. The van der Waals surface area contributed by atoms with Crippen LogP contribution in [0, 0.1) is 13.8 Å². The van der Waals surface area contributed by atoms with E-state index in [1.807, 2.05) is 0 Å². The Hall–Kier alpha value is -2.85. The molecule has 3 aromatic carbocycles. The smallest absolute Gasteiger partial charge is 0.319 e. The third kappa shape index (κ3) is 3.87. The van der Waals surface area contributed by atoms with Crippen LogP contribution in [-0.4, -0.2) is 21.1 Å². The van der Waals surface area contributed by atoms with Crippen LogP contribution < -0.4 is 0 Å². The number of benzene rings is 3. The third-order valence-corrected chi connectivity index (χ3v) is 5.23. The fourth-order valence-corrected chi connectivity index (χ4v) is 3.69. The molecule has 0 fully saturated rings. The van der Waals surface area contributed by atoms with Crippen LogP contribution in [0.5, 0.6) is 0 Å². The molecule has 0 amide bonds. The lowest BCUT2D eigenvalue weighted by Crippen LogP contribution is -2.13. The summed E-state index contributed by atoms with van der Waals surface area (Å²) in [6, 6.07) is 18.8. The molecule has 28 heavy (non-hydrogen) atoms. The van der Waals surface area contributed by atoms with Gasteiger partial charge in [0.15, 0.2) is 5.78 Å². The summed E-state index contributed by atoms with van der Waals surface area (Å²) in [5.74, 6) is -0.448. The molecule has 6 heteroatoms. The van der Waals surface area contributed by atoms with E-state index in [0.717, 1.165) is 0 Å². The van der Waals surface area contributed by atoms with Gasteiger partial charge < -0.3 is 9.79 Å². The van der Waals surface area contributed by atoms with E-state index in [9.17, 15) is 23.9 Å². The Balaban J connectivity index is 2.35. The van der Waals surface area contributed by atoms with E-state index in [1.54, 1.807) is 74.5 Å². The summed E-state index contributed by atoms with van der Waals surface area (Å²) in [6.07, 6.45) is 0. The minimum Gasteiger partial charge on any atom is -0.319 e. The second kappa shape index (κ2) is 7.64. The number of aryl methyl sites for hydroxylation is 2. The predicted octanol–water partition coefficient (Wildman–Crippen LogP) is 4.52. The monoisotopic (exact) mass is 394 g/mol.